The van der Waals surface area contributed by atoms with Crippen LogP contribution in [0.4, 0.5) is 18.9 Å². The van der Waals surface area contributed by atoms with Crippen LogP contribution in [0.15, 0.2) is 48.5 Å². The first-order valence-electron chi connectivity index (χ1n) is 7.99. The number of benzene rings is 2. The quantitative estimate of drug-likeness (QED) is 0.705. The second-order valence-electron chi connectivity index (χ2n) is 5.42. The van der Waals surface area contributed by atoms with Gasteiger partial charge in [-0.2, -0.15) is 13.2 Å². The van der Waals surface area contributed by atoms with Crippen LogP contribution in [0.3, 0.4) is 0 Å². The van der Waals surface area contributed by atoms with Gasteiger partial charge >= 0.3 is 6.18 Å². The molecule has 144 valence electrons. The second kappa shape index (κ2) is 8.98. The number of hydrogen-bond acceptors (Lipinski definition) is 4. The van der Waals surface area contributed by atoms with Crippen LogP contribution in [0.25, 0.3) is 6.08 Å². The molecule has 0 aliphatic rings. The predicted molar refractivity (Wildman–Crippen MR) is 96.4 cm³/mol. The van der Waals surface area contributed by atoms with E-state index in [4.69, 9.17) is 9.47 Å². The van der Waals surface area contributed by atoms with E-state index >= 15 is 0 Å². The molecule has 2 N–H and O–H groups in total. The lowest BCUT2D eigenvalue weighted by molar-refractivity contribution is -0.137. The minimum atomic E-state index is -4.53. The van der Waals surface area contributed by atoms with Crippen molar-refractivity contribution in [2.75, 3.05) is 19.1 Å². The maximum atomic E-state index is 12.9. The van der Waals surface area contributed by atoms with E-state index in [0.29, 0.717) is 11.5 Å². The van der Waals surface area contributed by atoms with Gasteiger partial charge in [0.25, 0.3) is 5.91 Å². The van der Waals surface area contributed by atoms with Crippen LogP contribution < -0.4 is 20.3 Å². The molecule has 0 radical (unpaired) electrons. The summed E-state index contributed by atoms with van der Waals surface area (Å²) in [5.41, 5.74) is 4.22. The minimum absolute atomic E-state index is 0.258. The van der Waals surface area contributed by atoms with E-state index in [1.165, 1.54) is 25.3 Å². The number of allylic oxidation sites excluding steroid dienone is 1. The molecule has 0 bridgehead atoms. The Kier molecular flexibility index (Phi) is 6.70. The zero-order valence-electron chi connectivity index (χ0n) is 14.8. The van der Waals surface area contributed by atoms with E-state index in [-0.39, 0.29) is 5.69 Å². The number of anilines is 1. The fourth-order valence-electron chi connectivity index (χ4n) is 2.26. The summed E-state index contributed by atoms with van der Waals surface area (Å²) in [6, 6.07) is 10.0. The lowest BCUT2D eigenvalue weighted by Crippen LogP contribution is -2.34. The molecule has 27 heavy (non-hydrogen) atoms. The zero-order valence-corrected chi connectivity index (χ0v) is 14.8. The Bertz CT molecular complexity index is 820. The second-order valence-corrected chi connectivity index (χ2v) is 5.42. The highest BCUT2D eigenvalue weighted by Crippen LogP contribution is 2.34. The van der Waals surface area contributed by atoms with E-state index in [1.54, 1.807) is 18.2 Å². The maximum Gasteiger partial charge on any atom is 0.418 e. The van der Waals surface area contributed by atoms with Crippen LogP contribution in [0.1, 0.15) is 18.1 Å². The molecule has 0 aliphatic carbocycles. The number of hydrogen-bond donors (Lipinski definition) is 2. The molecule has 0 spiro atoms. The average molecular weight is 380 g/mol. The summed E-state index contributed by atoms with van der Waals surface area (Å²) in [7, 11) is 1.47. The highest BCUT2D eigenvalue weighted by atomic mass is 19.4. The van der Waals surface area contributed by atoms with Crippen molar-refractivity contribution in [3.8, 4) is 11.5 Å². The van der Waals surface area contributed by atoms with Crippen molar-refractivity contribution in [3.05, 3.63) is 59.7 Å². The molecule has 2 aromatic rings. The number of rotatable bonds is 7. The van der Waals surface area contributed by atoms with Gasteiger partial charge in [0.15, 0.2) is 18.1 Å². The predicted octanol–water partition coefficient (Wildman–Crippen LogP) is 4.27. The van der Waals surface area contributed by atoms with Crippen molar-refractivity contribution in [2.45, 2.75) is 13.1 Å². The first kappa shape index (κ1) is 20.2. The van der Waals surface area contributed by atoms with E-state index in [2.05, 4.69) is 10.9 Å². The maximum absolute atomic E-state index is 12.9. The summed E-state index contributed by atoms with van der Waals surface area (Å²) in [5, 5.41) is 0. The lowest BCUT2D eigenvalue weighted by atomic mass is 10.2. The van der Waals surface area contributed by atoms with Gasteiger partial charge in [0, 0.05) is 0 Å². The van der Waals surface area contributed by atoms with Crippen molar-refractivity contribution in [2.24, 2.45) is 0 Å². The molecule has 0 saturated heterocycles. The van der Waals surface area contributed by atoms with Crippen molar-refractivity contribution >= 4 is 17.7 Å². The van der Waals surface area contributed by atoms with Gasteiger partial charge in [0.2, 0.25) is 0 Å². The van der Waals surface area contributed by atoms with Crippen LogP contribution in [0, 0.1) is 0 Å². The molecule has 0 saturated carbocycles. The smallest absolute Gasteiger partial charge is 0.418 e. The lowest BCUT2D eigenvalue weighted by Gasteiger charge is -2.15. The monoisotopic (exact) mass is 380 g/mol. The van der Waals surface area contributed by atoms with Gasteiger partial charge in [0.1, 0.15) is 0 Å². The van der Waals surface area contributed by atoms with Crippen molar-refractivity contribution in [1.29, 1.82) is 0 Å². The zero-order chi connectivity index (χ0) is 19.9. The highest BCUT2D eigenvalue weighted by Gasteiger charge is 2.33. The number of carbonyl (C=O) groups is 1. The SMILES string of the molecule is C/C=C/c1ccc(OCC(=O)NNc2ccccc2C(F)(F)F)c(OC)c1. The molecule has 2 rings (SSSR count). The van der Waals surface area contributed by atoms with Crippen molar-refractivity contribution in [1.82, 2.24) is 5.43 Å². The van der Waals surface area contributed by atoms with Gasteiger partial charge in [-0.25, -0.2) is 0 Å². The van der Waals surface area contributed by atoms with Crippen molar-refractivity contribution in [3.63, 3.8) is 0 Å². The van der Waals surface area contributed by atoms with Gasteiger partial charge in [0.05, 0.1) is 18.4 Å². The first-order chi connectivity index (χ1) is 12.8. The Balaban J connectivity index is 1.96. The number of amides is 1. The first-order valence-corrected chi connectivity index (χ1v) is 7.99. The van der Waals surface area contributed by atoms with Crippen LogP contribution in [0.2, 0.25) is 0 Å². The summed E-state index contributed by atoms with van der Waals surface area (Å²) in [6.45, 7) is 1.48. The van der Waals surface area contributed by atoms with Gasteiger partial charge in [-0.05, 0) is 36.8 Å². The molecule has 0 fully saturated rings. The Labute approximate surface area is 154 Å². The minimum Gasteiger partial charge on any atom is -0.493 e. The van der Waals surface area contributed by atoms with Gasteiger partial charge in [-0.3, -0.25) is 15.6 Å². The number of alkyl halides is 3. The van der Waals surface area contributed by atoms with Crippen LogP contribution in [0.5, 0.6) is 11.5 Å². The highest BCUT2D eigenvalue weighted by molar-refractivity contribution is 5.79. The Morgan fingerprint density at radius 1 is 1.15 bits per heavy atom. The number of ether oxygens (including phenoxy) is 2. The Morgan fingerprint density at radius 2 is 1.89 bits per heavy atom. The van der Waals surface area contributed by atoms with Gasteiger partial charge in [-0.1, -0.05) is 30.4 Å². The molecule has 2 aromatic carbocycles. The molecule has 0 unspecified atom stereocenters. The van der Waals surface area contributed by atoms with E-state index in [0.717, 1.165) is 11.6 Å². The fourth-order valence-corrected chi connectivity index (χ4v) is 2.26. The summed E-state index contributed by atoms with van der Waals surface area (Å²) in [4.78, 5) is 11.9. The molecule has 0 aromatic heterocycles. The summed E-state index contributed by atoms with van der Waals surface area (Å²) in [5.74, 6) is 0.136. The Hall–Kier alpha value is -3.16. The van der Waals surface area contributed by atoms with Gasteiger partial charge < -0.3 is 9.47 Å². The molecule has 0 heterocycles. The summed E-state index contributed by atoms with van der Waals surface area (Å²) >= 11 is 0. The molecular formula is C19H19F3N2O3. The standard InChI is InChI=1S/C19H19F3N2O3/c1-3-6-13-9-10-16(17(11-13)26-2)27-12-18(25)24-23-15-8-5-4-7-14(15)19(20,21)22/h3-11,23H,12H2,1-2H3,(H,24,25)/b6-3+. The third-order valence-corrected chi connectivity index (χ3v) is 3.47. The van der Waals surface area contributed by atoms with Crippen LogP contribution >= 0.6 is 0 Å². The third kappa shape index (κ3) is 5.67. The van der Waals surface area contributed by atoms with E-state index < -0.39 is 24.3 Å². The number of nitrogens with one attached hydrogen (secondary N) is 2. The van der Waals surface area contributed by atoms with E-state index in [9.17, 15) is 18.0 Å². The largest absolute Gasteiger partial charge is 0.493 e. The summed E-state index contributed by atoms with van der Waals surface area (Å²) in [6.07, 6.45) is -0.791. The molecule has 0 aliphatic heterocycles. The van der Waals surface area contributed by atoms with Crippen LogP contribution in [-0.2, 0) is 11.0 Å². The molecular weight excluding hydrogens is 361 g/mol. The Morgan fingerprint density at radius 3 is 2.56 bits per heavy atom. The number of methoxy groups -OCH3 is 1. The average Bonchev–Trinajstić information content (AvgIpc) is 2.65. The molecule has 5 nitrogen and oxygen atoms in total. The number of carbonyl (C=O) groups excluding carboxylic acids is 1. The molecule has 8 heteroatoms. The van der Waals surface area contributed by atoms with E-state index in [1.807, 2.05) is 19.1 Å². The topological polar surface area (TPSA) is 59.6 Å². The molecule has 0 atom stereocenters. The fraction of sp³-hybridized carbons (Fsp3) is 0.211. The number of para-hydroxylation sites is 1. The third-order valence-electron chi connectivity index (χ3n) is 3.47. The van der Waals surface area contributed by atoms with Crippen LogP contribution in [-0.4, -0.2) is 19.6 Å². The number of hydrazine groups is 1. The molecule has 1 amide bonds. The normalized spacial score (nSPS) is 11.3. The van der Waals surface area contributed by atoms with Gasteiger partial charge in [-0.15, -0.1) is 0 Å². The summed E-state index contributed by atoms with van der Waals surface area (Å²) < 4.78 is 49.4. The number of halogens is 3. The van der Waals surface area contributed by atoms with Crippen molar-refractivity contribution < 1.29 is 27.4 Å².